The van der Waals surface area contributed by atoms with Gasteiger partial charge in [-0.2, -0.15) is 0 Å². The monoisotopic (exact) mass is 421 g/mol. The molecule has 5 heteroatoms. The van der Waals surface area contributed by atoms with Crippen molar-refractivity contribution < 1.29 is 9.53 Å². The number of carbonyl (C=O) groups excluding carboxylic acids is 1. The molecule has 1 amide bonds. The van der Waals surface area contributed by atoms with E-state index < -0.39 is 0 Å². The van der Waals surface area contributed by atoms with Crippen LogP contribution in [-0.4, -0.2) is 17.9 Å². The largest absolute Gasteiger partial charge is 0.497 e. The summed E-state index contributed by atoms with van der Waals surface area (Å²) in [7, 11) is 1.65. The second-order valence-corrected chi connectivity index (χ2v) is 7.61. The van der Waals surface area contributed by atoms with Gasteiger partial charge in [-0.25, -0.2) is 0 Å². The Hall–Kier alpha value is -1.52. The van der Waals surface area contributed by atoms with Crippen molar-refractivity contribution in [2.24, 2.45) is 0 Å². The molecule has 132 valence electrons. The number of hydrogen-bond donors (Lipinski definition) is 0. The lowest BCUT2D eigenvalue weighted by atomic mass is 9.84. The van der Waals surface area contributed by atoms with Crippen LogP contribution in [0, 0.1) is 0 Å². The molecule has 2 aromatic rings. The molecular formula is C20H21BrClNO2. The maximum Gasteiger partial charge on any atom is 0.256 e. The van der Waals surface area contributed by atoms with E-state index in [9.17, 15) is 4.79 Å². The zero-order valence-electron chi connectivity index (χ0n) is 14.6. The predicted molar refractivity (Wildman–Crippen MR) is 104 cm³/mol. The summed E-state index contributed by atoms with van der Waals surface area (Å²) in [6.45, 7) is 4.80. The molecule has 0 atom stereocenters. The van der Waals surface area contributed by atoms with Crippen LogP contribution in [0.3, 0.4) is 0 Å². The summed E-state index contributed by atoms with van der Waals surface area (Å²) in [5.74, 6) is 0.816. The Morgan fingerprint density at radius 1 is 1.16 bits per heavy atom. The number of carbonyl (C=O) groups is 1. The first-order chi connectivity index (χ1) is 12.0. The van der Waals surface area contributed by atoms with Gasteiger partial charge in [0.15, 0.2) is 0 Å². The lowest BCUT2D eigenvalue weighted by Gasteiger charge is -2.38. The van der Waals surface area contributed by atoms with Gasteiger partial charge in [0.1, 0.15) is 5.75 Å². The van der Waals surface area contributed by atoms with E-state index in [1.54, 1.807) is 13.2 Å². The van der Waals surface area contributed by atoms with E-state index in [-0.39, 0.29) is 11.4 Å². The highest BCUT2D eigenvalue weighted by molar-refractivity contribution is 9.10. The number of halogens is 2. The second-order valence-electron chi connectivity index (χ2n) is 6.29. The number of fused-ring (bicyclic) bond motifs is 1. The van der Waals surface area contributed by atoms with Gasteiger partial charge in [-0.15, -0.1) is 0 Å². The van der Waals surface area contributed by atoms with Crippen LogP contribution >= 0.6 is 27.5 Å². The molecule has 0 radical (unpaired) electrons. The van der Waals surface area contributed by atoms with Crippen LogP contribution < -0.4 is 4.74 Å². The van der Waals surface area contributed by atoms with Crippen molar-refractivity contribution in [3.8, 4) is 5.75 Å². The standard InChI is InChI=1S/C20H21BrClNO2/c1-4-20(5-2)16-10-14(21)11-17(22)18(16)19(24)23(20)12-13-6-8-15(25-3)9-7-13/h6-11H,4-5,12H2,1-3H3. The molecule has 0 aromatic heterocycles. The Labute approximate surface area is 162 Å². The Balaban J connectivity index is 2.06. The molecule has 0 bridgehead atoms. The fourth-order valence-electron chi connectivity index (χ4n) is 3.78. The maximum atomic E-state index is 13.2. The molecule has 0 spiro atoms. The van der Waals surface area contributed by atoms with Crippen molar-refractivity contribution in [1.82, 2.24) is 4.90 Å². The first-order valence-electron chi connectivity index (χ1n) is 8.41. The Kier molecular flexibility index (Phi) is 5.12. The Morgan fingerprint density at radius 2 is 1.80 bits per heavy atom. The van der Waals surface area contributed by atoms with Crippen LogP contribution in [0.4, 0.5) is 0 Å². The van der Waals surface area contributed by atoms with Crippen molar-refractivity contribution in [2.45, 2.75) is 38.8 Å². The maximum absolute atomic E-state index is 13.2. The summed E-state index contributed by atoms with van der Waals surface area (Å²) < 4.78 is 6.12. The summed E-state index contributed by atoms with van der Waals surface area (Å²) in [5.41, 5.74) is 2.40. The molecule has 1 aliphatic rings. The van der Waals surface area contributed by atoms with Gasteiger partial charge >= 0.3 is 0 Å². The topological polar surface area (TPSA) is 29.5 Å². The molecule has 0 aliphatic carbocycles. The van der Waals surface area contributed by atoms with Gasteiger partial charge in [-0.1, -0.05) is 53.5 Å². The van der Waals surface area contributed by atoms with Gasteiger partial charge in [0.05, 0.1) is 23.2 Å². The van der Waals surface area contributed by atoms with Gasteiger partial charge in [0.2, 0.25) is 0 Å². The minimum Gasteiger partial charge on any atom is -0.497 e. The highest BCUT2D eigenvalue weighted by atomic mass is 79.9. The molecule has 2 aromatic carbocycles. The molecule has 0 saturated heterocycles. The zero-order chi connectivity index (χ0) is 18.2. The van der Waals surface area contributed by atoms with Crippen molar-refractivity contribution in [1.29, 1.82) is 0 Å². The van der Waals surface area contributed by atoms with E-state index in [1.807, 2.05) is 35.2 Å². The van der Waals surface area contributed by atoms with Crippen LogP contribution in [0.25, 0.3) is 0 Å². The number of hydrogen-bond acceptors (Lipinski definition) is 2. The van der Waals surface area contributed by atoms with Crippen molar-refractivity contribution in [3.63, 3.8) is 0 Å². The zero-order valence-corrected chi connectivity index (χ0v) is 16.9. The minimum absolute atomic E-state index is 0.00650. The van der Waals surface area contributed by atoms with E-state index in [0.717, 1.165) is 34.2 Å². The molecule has 3 nitrogen and oxygen atoms in total. The molecule has 0 unspecified atom stereocenters. The highest BCUT2D eigenvalue weighted by Gasteiger charge is 2.48. The van der Waals surface area contributed by atoms with E-state index in [2.05, 4.69) is 29.8 Å². The van der Waals surface area contributed by atoms with Crippen LogP contribution in [-0.2, 0) is 12.1 Å². The lowest BCUT2D eigenvalue weighted by molar-refractivity contribution is 0.0488. The molecule has 0 N–H and O–H groups in total. The summed E-state index contributed by atoms with van der Waals surface area (Å²) in [5, 5.41) is 0.512. The van der Waals surface area contributed by atoms with E-state index >= 15 is 0 Å². The number of rotatable bonds is 5. The smallest absolute Gasteiger partial charge is 0.256 e. The van der Waals surface area contributed by atoms with E-state index in [1.165, 1.54) is 0 Å². The third-order valence-corrected chi connectivity index (χ3v) is 5.96. The number of ether oxygens (including phenoxy) is 1. The fraction of sp³-hybridized carbons (Fsp3) is 0.350. The predicted octanol–water partition coefficient (Wildman–Crippen LogP) is 5.78. The summed E-state index contributed by atoms with van der Waals surface area (Å²) in [4.78, 5) is 15.2. The molecule has 0 saturated carbocycles. The van der Waals surface area contributed by atoms with Crippen LogP contribution in [0.1, 0.15) is 48.2 Å². The van der Waals surface area contributed by atoms with Crippen LogP contribution in [0.2, 0.25) is 5.02 Å². The third kappa shape index (κ3) is 2.96. The molecular weight excluding hydrogens is 402 g/mol. The summed E-state index contributed by atoms with van der Waals surface area (Å²) in [6, 6.07) is 11.7. The van der Waals surface area contributed by atoms with Crippen molar-refractivity contribution in [3.05, 3.63) is 62.6 Å². The molecule has 3 rings (SSSR count). The first-order valence-corrected chi connectivity index (χ1v) is 9.58. The van der Waals surface area contributed by atoms with Gasteiger partial charge in [0.25, 0.3) is 5.91 Å². The molecule has 25 heavy (non-hydrogen) atoms. The second kappa shape index (κ2) is 7.00. The quantitative estimate of drug-likeness (QED) is 0.611. The highest BCUT2D eigenvalue weighted by Crippen LogP contribution is 2.48. The van der Waals surface area contributed by atoms with Gasteiger partial charge < -0.3 is 9.64 Å². The first kappa shape index (κ1) is 18.3. The average molecular weight is 423 g/mol. The van der Waals surface area contributed by atoms with Crippen LogP contribution in [0.5, 0.6) is 5.75 Å². The van der Waals surface area contributed by atoms with Gasteiger partial charge in [-0.05, 0) is 48.2 Å². The molecule has 0 fully saturated rings. The van der Waals surface area contributed by atoms with Gasteiger partial charge in [-0.3, -0.25) is 4.79 Å². The van der Waals surface area contributed by atoms with Gasteiger partial charge in [0, 0.05) is 11.0 Å². The van der Waals surface area contributed by atoms with Crippen molar-refractivity contribution >= 4 is 33.4 Å². The SMILES string of the molecule is CCC1(CC)c2cc(Br)cc(Cl)c2C(=O)N1Cc1ccc(OC)cc1. The van der Waals surface area contributed by atoms with E-state index in [4.69, 9.17) is 16.3 Å². The number of methoxy groups -OCH3 is 1. The fourth-order valence-corrected chi connectivity index (χ4v) is 4.67. The summed E-state index contributed by atoms with van der Waals surface area (Å²) in [6.07, 6.45) is 1.68. The van der Waals surface area contributed by atoms with Crippen LogP contribution in [0.15, 0.2) is 40.9 Å². The molecule has 1 aliphatic heterocycles. The normalized spacial score (nSPS) is 15.4. The van der Waals surface area contributed by atoms with E-state index in [0.29, 0.717) is 17.1 Å². The molecule has 1 heterocycles. The number of amides is 1. The minimum atomic E-state index is -0.334. The average Bonchev–Trinajstić information content (AvgIpc) is 2.84. The van der Waals surface area contributed by atoms with Crippen molar-refractivity contribution in [2.75, 3.05) is 7.11 Å². The third-order valence-electron chi connectivity index (χ3n) is 5.20. The number of benzene rings is 2. The summed E-state index contributed by atoms with van der Waals surface area (Å²) >= 11 is 9.95. The Morgan fingerprint density at radius 3 is 2.36 bits per heavy atom. The number of nitrogens with zero attached hydrogens (tertiary/aromatic N) is 1. The Bertz CT molecular complexity index is 800. The lowest BCUT2D eigenvalue weighted by Crippen LogP contribution is -2.42.